The molecule has 0 aliphatic heterocycles. The summed E-state index contributed by atoms with van der Waals surface area (Å²) < 4.78 is 5.26. The number of esters is 1. The van der Waals surface area contributed by atoms with E-state index in [9.17, 15) is 9.59 Å². The second-order valence-electron chi connectivity index (χ2n) is 6.63. The Morgan fingerprint density at radius 3 is 2.19 bits per heavy atom. The summed E-state index contributed by atoms with van der Waals surface area (Å²) in [4.78, 5) is 25.9. The van der Waals surface area contributed by atoms with Gasteiger partial charge in [-0.2, -0.15) is 0 Å². The highest BCUT2D eigenvalue weighted by Crippen LogP contribution is 2.17. The summed E-state index contributed by atoms with van der Waals surface area (Å²) in [6.07, 6.45) is 4.67. The summed E-state index contributed by atoms with van der Waals surface area (Å²) in [6, 6.07) is 0. The molecule has 0 saturated carbocycles. The van der Waals surface area contributed by atoms with Gasteiger partial charge in [-0.05, 0) is 40.5 Å². The van der Waals surface area contributed by atoms with Crippen molar-refractivity contribution in [2.24, 2.45) is 0 Å². The van der Waals surface area contributed by atoms with Gasteiger partial charge in [-0.25, -0.2) is 0 Å². The highest BCUT2D eigenvalue weighted by molar-refractivity contribution is 5.78. The van der Waals surface area contributed by atoms with E-state index in [4.69, 9.17) is 4.74 Å². The molecule has 124 valence electrons. The molecule has 1 atom stereocenters. The predicted octanol–water partition coefficient (Wildman–Crippen LogP) is 3.93. The van der Waals surface area contributed by atoms with Crippen LogP contribution in [0, 0.1) is 0 Å². The van der Waals surface area contributed by atoms with Gasteiger partial charge >= 0.3 is 5.97 Å². The zero-order valence-corrected chi connectivity index (χ0v) is 14.7. The van der Waals surface area contributed by atoms with Gasteiger partial charge in [0.05, 0.1) is 12.5 Å². The van der Waals surface area contributed by atoms with E-state index in [1.165, 1.54) is 0 Å². The minimum atomic E-state index is -0.264. The summed E-state index contributed by atoms with van der Waals surface area (Å²) in [5.74, 6) is -0.0905. The molecule has 0 spiro atoms. The normalized spacial score (nSPS) is 12.9. The highest BCUT2D eigenvalue weighted by Gasteiger charge is 2.26. The number of carbonyl (C=O) groups is 2. The van der Waals surface area contributed by atoms with Crippen LogP contribution in [0.4, 0.5) is 0 Å². The first-order valence-corrected chi connectivity index (χ1v) is 8.22. The third-order valence-corrected chi connectivity index (χ3v) is 3.55. The molecule has 0 aromatic rings. The molecule has 4 nitrogen and oxygen atoms in total. The molecule has 21 heavy (non-hydrogen) atoms. The van der Waals surface area contributed by atoms with Gasteiger partial charge in [-0.3, -0.25) is 9.59 Å². The number of rotatable bonds is 9. The van der Waals surface area contributed by atoms with Gasteiger partial charge in [0.15, 0.2) is 0 Å². The molecule has 0 heterocycles. The Hall–Kier alpha value is -1.06. The fraction of sp³-hybridized carbons (Fsp3) is 0.882. The quantitative estimate of drug-likeness (QED) is 0.479. The van der Waals surface area contributed by atoms with E-state index in [1.807, 2.05) is 34.6 Å². The van der Waals surface area contributed by atoms with E-state index in [1.54, 1.807) is 4.90 Å². The van der Waals surface area contributed by atoms with E-state index in [2.05, 4.69) is 6.92 Å². The van der Waals surface area contributed by atoms with Crippen molar-refractivity contribution in [1.29, 1.82) is 0 Å². The van der Waals surface area contributed by atoms with E-state index in [-0.39, 0.29) is 29.9 Å². The van der Waals surface area contributed by atoms with Crippen LogP contribution in [0.5, 0.6) is 0 Å². The first-order chi connectivity index (χ1) is 9.72. The Morgan fingerprint density at radius 1 is 1.10 bits per heavy atom. The smallest absolute Gasteiger partial charge is 0.307 e. The lowest BCUT2D eigenvalue weighted by atomic mass is 10.0. The third-order valence-electron chi connectivity index (χ3n) is 3.55. The third kappa shape index (κ3) is 8.74. The fourth-order valence-corrected chi connectivity index (χ4v) is 2.07. The van der Waals surface area contributed by atoms with Crippen LogP contribution in [0.3, 0.4) is 0 Å². The van der Waals surface area contributed by atoms with Crippen LogP contribution in [-0.4, -0.2) is 35.0 Å². The summed E-state index contributed by atoms with van der Waals surface area (Å²) in [7, 11) is 0. The van der Waals surface area contributed by atoms with Crippen molar-refractivity contribution < 1.29 is 14.3 Å². The lowest BCUT2D eigenvalue weighted by Gasteiger charge is -2.35. The number of nitrogens with zero attached hydrogens (tertiary/aromatic N) is 1. The Bertz CT molecular complexity index is 320. The van der Waals surface area contributed by atoms with Crippen LogP contribution in [0.15, 0.2) is 0 Å². The SMILES string of the molecule is CCCCCC(=O)N(CCC(=O)OC(C)CC)C(C)(C)C. The molecule has 1 amide bonds. The number of amides is 1. The van der Waals surface area contributed by atoms with Crippen molar-refractivity contribution in [3.05, 3.63) is 0 Å². The largest absolute Gasteiger partial charge is 0.463 e. The van der Waals surface area contributed by atoms with Crippen molar-refractivity contribution in [3.63, 3.8) is 0 Å². The van der Waals surface area contributed by atoms with E-state index < -0.39 is 0 Å². The topological polar surface area (TPSA) is 46.6 Å². The molecule has 0 aliphatic carbocycles. The molecule has 0 aliphatic rings. The minimum absolute atomic E-state index is 0.0548. The Balaban J connectivity index is 4.44. The van der Waals surface area contributed by atoms with Gasteiger partial charge < -0.3 is 9.64 Å². The molecule has 0 bridgehead atoms. The van der Waals surface area contributed by atoms with Crippen LogP contribution in [0.25, 0.3) is 0 Å². The summed E-state index contributed by atoms with van der Waals surface area (Å²) in [5.41, 5.74) is -0.264. The summed E-state index contributed by atoms with van der Waals surface area (Å²) >= 11 is 0. The van der Waals surface area contributed by atoms with Crippen molar-refractivity contribution in [2.45, 2.75) is 91.7 Å². The maximum absolute atomic E-state index is 12.3. The van der Waals surface area contributed by atoms with Crippen molar-refractivity contribution in [3.8, 4) is 0 Å². The zero-order chi connectivity index (χ0) is 16.5. The van der Waals surface area contributed by atoms with Gasteiger partial charge in [0.25, 0.3) is 0 Å². The minimum Gasteiger partial charge on any atom is -0.463 e. The molecule has 0 radical (unpaired) electrons. The molecule has 1 unspecified atom stereocenters. The van der Waals surface area contributed by atoms with Crippen molar-refractivity contribution in [2.75, 3.05) is 6.54 Å². The highest BCUT2D eigenvalue weighted by atomic mass is 16.5. The van der Waals surface area contributed by atoms with E-state index >= 15 is 0 Å². The molecule has 0 aromatic heterocycles. The average Bonchev–Trinajstić information content (AvgIpc) is 2.37. The van der Waals surface area contributed by atoms with Gasteiger partial charge in [0.1, 0.15) is 0 Å². The maximum atomic E-state index is 12.3. The van der Waals surface area contributed by atoms with Crippen molar-refractivity contribution in [1.82, 2.24) is 4.90 Å². The molecule has 0 saturated heterocycles. The number of hydrogen-bond donors (Lipinski definition) is 0. The van der Waals surface area contributed by atoms with Crippen LogP contribution >= 0.6 is 0 Å². The molecule has 0 rings (SSSR count). The summed E-state index contributed by atoms with van der Waals surface area (Å²) in [6.45, 7) is 12.4. The Labute approximate surface area is 130 Å². The molecule has 0 aromatic carbocycles. The molecular formula is C17H33NO3. The van der Waals surface area contributed by atoms with Crippen LogP contribution in [0.1, 0.15) is 80.1 Å². The lowest BCUT2D eigenvalue weighted by Crippen LogP contribution is -2.46. The zero-order valence-electron chi connectivity index (χ0n) is 14.7. The van der Waals surface area contributed by atoms with Gasteiger partial charge in [-0.15, -0.1) is 0 Å². The van der Waals surface area contributed by atoms with Crippen LogP contribution in [-0.2, 0) is 14.3 Å². The number of unbranched alkanes of at least 4 members (excludes halogenated alkanes) is 2. The molecular weight excluding hydrogens is 266 g/mol. The number of hydrogen-bond acceptors (Lipinski definition) is 3. The Morgan fingerprint density at radius 2 is 1.71 bits per heavy atom. The van der Waals surface area contributed by atoms with Gasteiger partial charge in [0, 0.05) is 18.5 Å². The lowest BCUT2D eigenvalue weighted by molar-refractivity contribution is -0.149. The molecule has 4 heteroatoms. The standard InChI is InChI=1S/C17H33NO3/c1-7-9-10-11-15(19)18(17(4,5)6)13-12-16(20)21-14(3)8-2/h14H,7-13H2,1-6H3. The van der Waals surface area contributed by atoms with E-state index in [0.717, 1.165) is 25.7 Å². The second-order valence-corrected chi connectivity index (χ2v) is 6.63. The number of ether oxygens (including phenoxy) is 1. The fourth-order valence-electron chi connectivity index (χ4n) is 2.07. The average molecular weight is 299 g/mol. The van der Waals surface area contributed by atoms with Crippen LogP contribution in [0.2, 0.25) is 0 Å². The van der Waals surface area contributed by atoms with E-state index in [0.29, 0.717) is 13.0 Å². The van der Waals surface area contributed by atoms with Crippen LogP contribution < -0.4 is 0 Å². The Kier molecular flexibility index (Phi) is 9.31. The second kappa shape index (κ2) is 9.80. The van der Waals surface area contributed by atoms with Gasteiger partial charge in [-0.1, -0.05) is 26.7 Å². The van der Waals surface area contributed by atoms with Gasteiger partial charge in [0.2, 0.25) is 5.91 Å². The first kappa shape index (κ1) is 19.9. The summed E-state index contributed by atoms with van der Waals surface area (Å²) in [5, 5.41) is 0. The number of carbonyl (C=O) groups excluding carboxylic acids is 2. The monoisotopic (exact) mass is 299 g/mol. The van der Waals surface area contributed by atoms with Crippen molar-refractivity contribution >= 4 is 11.9 Å². The molecule has 0 N–H and O–H groups in total. The first-order valence-electron chi connectivity index (χ1n) is 8.22. The maximum Gasteiger partial charge on any atom is 0.307 e. The predicted molar refractivity (Wildman–Crippen MR) is 86.1 cm³/mol. The molecule has 0 fully saturated rings.